The van der Waals surface area contributed by atoms with Gasteiger partial charge in [-0.05, 0) is 72.5 Å². The molecule has 0 radical (unpaired) electrons. The van der Waals surface area contributed by atoms with E-state index in [0.29, 0.717) is 11.1 Å². The first-order valence-corrected chi connectivity index (χ1v) is 14.6. The summed E-state index contributed by atoms with van der Waals surface area (Å²) in [6.07, 6.45) is 0.359. The molecule has 46 heavy (non-hydrogen) atoms. The van der Waals surface area contributed by atoms with Crippen LogP contribution >= 0.6 is 0 Å². The first-order chi connectivity index (χ1) is 22.1. The SMILES string of the molecule is O=C1c2ccc3c4c(ccc(c24)C(=O)N1CCc1cc(CO)c(O)c(CO)c1)C(=O)N(CCc1cc(CO)c(O)c(CO)c1)C3=O. The number of nitrogens with zero attached hydrogens (tertiary/aromatic N) is 2. The molecule has 236 valence electrons. The number of amides is 4. The number of rotatable bonds is 10. The van der Waals surface area contributed by atoms with Gasteiger partial charge in [-0.15, -0.1) is 0 Å². The van der Waals surface area contributed by atoms with Crippen molar-refractivity contribution in [1.82, 2.24) is 9.80 Å². The van der Waals surface area contributed by atoms with Crippen LogP contribution in [0.2, 0.25) is 0 Å². The summed E-state index contributed by atoms with van der Waals surface area (Å²) in [5.74, 6) is -2.83. The molecule has 4 aromatic carbocycles. The van der Waals surface area contributed by atoms with Crippen LogP contribution in [0.1, 0.15) is 74.8 Å². The second kappa shape index (κ2) is 12.0. The van der Waals surface area contributed by atoms with E-state index in [1.165, 1.54) is 48.5 Å². The van der Waals surface area contributed by atoms with Crippen molar-refractivity contribution in [1.29, 1.82) is 0 Å². The normalized spacial score (nSPS) is 14.2. The largest absolute Gasteiger partial charge is 0.507 e. The summed E-state index contributed by atoms with van der Waals surface area (Å²) in [7, 11) is 0. The summed E-state index contributed by atoms with van der Waals surface area (Å²) in [5.41, 5.74) is 2.67. The summed E-state index contributed by atoms with van der Waals surface area (Å²) in [6.45, 7) is -1.93. The van der Waals surface area contributed by atoms with Gasteiger partial charge in [-0.3, -0.25) is 29.0 Å². The highest BCUT2D eigenvalue weighted by molar-refractivity contribution is 6.33. The van der Waals surface area contributed by atoms with Crippen molar-refractivity contribution >= 4 is 34.4 Å². The fourth-order valence-electron chi connectivity index (χ4n) is 6.30. The van der Waals surface area contributed by atoms with Gasteiger partial charge in [0.15, 0.2) is 0 Å². The molecule has 0 saturated carbocycles. The summed E-state index contributed by atoms with van der Waals surface area (Å²) in [5, 5.41) is 59.1. The highest BCUT2D eigenvalue weighted by atomic mass is 16.3. The highest BCUT2D eigenvalue weighted by Crippen LogP contribution is 2.38. The Morgan fingerprint density at radius 1 is 0.457 bits per heavy atom. The maximum absolute atomic E-state index is 13.6. The number of hydrogen-bond acceptors (Lipinski definition) is 10. The minimum absolute atomic E-state index is 0.0402. The van der Waals surface area contributed by atoms with Gasteiger partial charge in [-0.1, -0.05) is 0 Å². The standard InChI is InChI=1S/C34H30N2O10/c37-13-19-9-17(10-20(14-38)29(19)41)5-7-35-31(43)23-1-2-24-28-26(4-3-25(27(23)28)33(35)45)34(46)36(32(24)44)8-6-18-11-21(15-39)30(42)22(12-18)16-40/h1-4,9-12,37-42H,5-8,13-16H2. The molecule has 0 saturated heterocycles. The average molecular weight is 627 g/mol. The van der Waals surface area contributed by atoms with Gasteiger partial charge >= 0.3 is 0 Å². The number of aromatic hydroxyl groups is 2. The topological polar surface area (TPSA) is 196 Å². The summed E-state index contributed by atoms with van der Waals surface area (Å²) in [4.78, 5) is 56.7. The molecule has 2 heterocycles. The molecule has 0 spiro atoms. The monoisotopic (exact) mass is 626 g/mol. The van der Waals surface area contributed by atoms with E-state index in [1.807, 2.05) is 0 Å². The zero-order valence-corrected chi connectivity index (χ0v) is 24.5. The van der Waals surface area contributed by atoms with Crippen molar-refractivity contribution < 1.29 is 49.8 Å². The van der Waals surface area contributed by atoms with E-state index in [1.54, 1.807) is 0 Å². The predicted molar refractivity (Wildman–Crippen MR) is 162 cm³/mol. The highest BCUT2D eigenvalue weighted by Gasteiger charge is 2.39. The maximum atomic E-state index is 13.6. The van der Waals surface area contributed by atoms with Crippen LogP contribution in [-0.2, 0) is 39.3 Å². The minimum Gasteiger partial charge on any atom is -0.507 e. The van der Waals surface area contributed by atoms with Crippen molar-refractivity contribution in [3.8, 4) is 11.5 Å². The van der Waals surface area contributed by atoms with E-state index in [0.717, 1.165) is 9.80 Å². The number of phenols is 2. The van der Waals surface area contributed by atoms with Gasteiger partial charge in [0.25, 0.3) is 23.6 Å². The molecule has 2 aliphatic rings. The van der Waals surface area contributed by atoms with Crippen molar-refractivity contribution in [2.75, 3.05) is 13.1 Å². The molecule has 0 aromatic heterocycles. The maximum Gasteiger partial charge on any atom is 0.261 e. The van der Waals surface area contributed by atoms with Crippen LogP contribution in [0, 0.1) is 0 Å². The summed E-state index contributed by atoms with van der Waals surface area (Å²) >= 11 is 0. The lowest BCUT2D eigenvalue weighted by molar-refractivity contribution is 0.0590. The Kier molecular flexibility index (Phi) is 8.04. The van der Waals surface area contributed by atoms with Gasteiger partial charge < -0.3 is 30.6 Å². The Labute approximate surface area is 262 Å². The van der Waals surface area contributed by atoms with Gasteiger partial charge in [0.1, 0.15) is 11.5 Å². The Hall–Kier alpha value is -5.14. The Morgan fingerprint density at radius 3 is 0.957 bits per heavy atom. The van der Waals surface area contributed by atoms with Crippen molar-refractivity contribution in [2.24, 2.45) is 0 Å². The second-order valence-corrected chi connectivity index (χ2v) is 11.3. The molecule has 12 heteroatoms. The fraction of sp³-hybridized carbons (Fsp3) is 0.235. The molecule has 4 aromatic rings. The van der Waals surface area contributed by atoms with Crippen LogP contribution in [0.3, 0.4) is 0 Å². The molecule has 2 aliphatic heterocycles. The van der Waals surface area contributed by atoms with E-state index < -0.39 is 50.1 Å². The van der Waals surface area contributed by atoms with E-state index in [9.17, 15) is 49.8 Å². The molecule has 6 rings (SSSR count). The van der Waals surface area contributed by atoms with Gasteiger partial charge in [-0.25, -0.2) is 0 Å². The molecule has 0 aliphatic carbocycles. The van der Waals surface area contributed by atoms with Gasteiger partial charge in [0.2, 0.25) is 0 Å². The van der Waals surface area contributed by atoms with E-state index >= 15 is 0 Å². The molecule has 0 bridgehead atoms. The molecule has 4 amide bonds. The van der Waals surface area contributed by atoms with Crippen molar-refractivity contribution in [2.45, 2.75) is 39.3 Å². The smallest absolute Gasteiger partial charge is 0.261 e. The number of carbonyl (C=O) groups excluding carboxylic acids is 4. The van der Waals surface area contributed by atoms with Crippen LogP contribution in [0.5, 0.6) is 11.5 Å². The third kappa shape index (κ3) is 4.88. The van der Waals surface area contributed by atoms with Crippen LogP contribution in [0.15, 0.2) is 48.5 Å². The van der Waals surface area contributed by atoms with Gasteiger partial charge in [0, 0.05) is 68.4 Å². The first kappa shape index (κ1) is 30.9. The Morgan fingerprint density at radius 2 is 0.717 bits per heavy atom. The number of imide groups is 2. The lowest BCUT2D eigenvalue weighted by atomic mass is 9.85. The first-order valence-electron chi connectivity index (χ1n) is 14.6. The van der Waals surface area contributed by atoms with Crippen LogP contribution in [-0.4, -0.2) is 77.2 Å². The zero-order valence-electron chi connectivity index (χ0n) is 24.5. The van der Waals surface area contributed by atoms with E-state index in [4.69, 9.17) is 0 Å². The Bertz CT molecular complexity index is 1710. The number of benzene rings is 4. The quantitative estimate of drug-likeness (QED) is 0.142. The van der Waals surface area contributed by atoms with Crippen LogP contribution in [0.25, 0.3) is 10.8 Å². The van der Waals surface area contributed by atoms with Crippen molar-refractivity contribution in [3.05, 3.63) is 104 Å². The fourth-order valence-corrected chi connectivity index (χ4v) is 6.30. The lowest BCUT2D eigenvalue weighted by Gasteiger charge is -2.32. The molecule has 0 fully saturated rings. The number of carbonyl (C=O) groups is 4. The number of aliphatic hydroxyl groups is 4. The molecule has 0 unspecified atom stereocenters. The predicted octanol–water partition coefficient (Wildman–Crippen LogP) is 1.90. The molecule has 0 atom stereocenters. The summed E-state index contributed by atoms with van der Waals surface area (Å²) in [6, 6.07) is 12.0. The van der Waals surface area contributed by atoms with Gasteiger partial charge in [0.05, 0.1) is 26.4 Å². The zero-order chi connectivity index (χ0) is 32.9. The molecular weight excluding hydrogens is 596 g/mol. The Balaban J connectivity index is 1.29. The molecule has 6 N–H and O–H groups in total. The molecule has 12 nitrogen and oxygen atoms in total. The third-order valence-electron chi connectivity index (χ3n) is 8.65. The van der Waals surface area contributed by atoms with E-state index in [-0.39, 0.29) is 92.7 Å². The van der Waals surface area contributed by atoms with Crippen LogP contribution in [0.4, 0.5) is 0 Å². The average Bonchev–Trinajstić information content (AvgIpc) is 3.06. The number of hydrogen-bond donors (Lipinski definition) is 6. The summed E-state index contributed by atoms with van der Waals surface area (Å²) < 4.78 is 0. The van der Waals surface area contributed by atoms with Gasteiger partial charge in [-0.2, -0.15) is 0 Å². The number of aliphatic hydroxyl groups excluding tert-OH is 4. The molecular formula is C34H30N2O10. The van der Waals surface area contributed by atoms with Crippen molar-refractivity contribution in [3.63, 3.8) is 0 Å². The third-order valence-corrected chi connectivity index (χ3v) is 8.65. The lowest BCUT2D eigenvalue weighted by Crippen LogP contribution is -2.44. The second-order valence-electron chi connectivity index (χ2n) is 11.3. The minimum atomic E-state index is -0.598. The van der Waals surface area contributed by atoms with E-state index in [2.05, 4.69) is 0 Å². The van der Waals surface area contributed by atoms with Crippen LogP contribution < -0.4 is 0 Å².